The maximum absolute atomic E-state index is 6.08. The molecule has 2 rings (SSSR count). The summed E-state index contributed by atoms with van der Waals surface area (Å²) in [4.78, 5) is 1.23. The summed E-state index contributed by atoms with van der Waals surface area (Å²) >= 11 is 1.72. The Morgan fingerprint density at radius 1 is 1.00 bits per heavy atom. The highest BCUT2D eigenvalue weighted by Crippen LogP contribution is 2.26. The quantitative estimate of drug-likeness (QED) is 0.838. The fraction of sp³-hybridized carbons (Fsp3) is 0.294. The predicted molar refractivity (Wildman–Crippen MR) is 86.4 cm³/mol. The first-order valence-corrected chi connectivity index (χ1v) is 7.95. The minimum absolute atomic E-state index is 0.0714. The van der Waals surface area contributed by atoms with Gasteiger partial charge in [0.05, 0.1) is 0 Å². The van der Waals surface area contributed by atoms with Crippen molar-refractivity contribution in [2.24, 2.45) is 5.73 Å². The van der Waals surface area contributed by atoms with Gasteiger partial charge in [-0.3, -0.25) is 0 Å². The number of thioether (sulfide) groups is 1. The van der Waals surface area contributed by atoms with Crippen LogP contribution >= 0.6 is 11.8 Å². The molecule has 3 heteroatoms. The molecule has 0 aliphatic heterocycles. The molecule has 0 amide bonds. The van der Waals surface area contributed by atoms with E-state index in [0.717, 1.165) is 11.3 Å². The summed E-state index contributed by atoms with van der Waals surface area (Å²) in [5, 5.41) is 0. The van der Waals surface area contributed by atoms with Crippen LogP contribution in [-0.4, -0.2) is 12.3 Å². The Labute approximate surface area is 125 Å². The highest BCUT2D eigenvalue weighted by atomic mass is 32.2. The smallest absolute Gasteiger partial charge is 0.138 e. The summed E-state index contributed by atoms with van der Waals surface area (Å²) in [7, 11) is 0. The Morgan fingerprint density at radius 2 is 1.60 bits per heavy atom. The van der Waals surface area contributed by atoms with Crippen LogP contribution < -0.4 is 10.5 Å². The lowest BCUT2D eigenvalue weighted by atomic mass is 10.0. The van der Waals surface area contributed by atoms with Crippen LogP contribution in [0, 0.1) is 6.92 Å². The van der Waals surface area contributed by atoms with Gasteiger partial charge in [0, 0.05) is 10.9 Å². The second-order valence-electron chi connectivity index (χ2n) is 4.98. The van der Waals surface area contributed by atoms with Crippen LogP contribution in [-0.2, 0) is 0 Å². The number of aryl methyl sites for hydroxylation is 1. The highest BCUT2D eigenvalue weighted by Gasteiger charge is 2.18. The zero-order valence-corrected chi connectivity index (χ0v) is 13.0. The van der Waals surface area contributed by atoms with Crippen molar-refractivity contribution in [2.75, 3.05) is 6.26 Å². The molecule has 0 aromatic heterocycles. The van der Waals surface area contributed by atoms with Gasteiger partial charge >= 0.3 is 0 Å². The van der Waals surface area contributed by atoms with E-state index < -0.39 is 0 Å². The Hall–Kier alpha value is -1.45. The van der Waals surface area contributed by atoms with Crippen molar-refractivity contribution in [3.63, 3.8) is 0 Å². The third-order valence-electron chi connectivity index (χ3n) is 3.21. The Balaban J connectivity index is 2.18. The molecule has 0 radical (unpaired) electrons. The molecular formula is C17H21NOS. The highest BCUT2D eigenvalue weighted by molar-refractivity contribution is 7.98. The number of benzene rings is 2. The van der Waals surface area contributed by atoms with Gasteiger partial charge in [-0.05, 0) is 49.9 Å². The molecule has 0 saturated carbocycles. The van der Waals surface area contributed by atoms with E-state index in [0.29, 0.717) is 0 Å². The molecule has 2 N–H and O–H groups in total. The van der Waals surface area contributed by atoms with Gasteiger partial charge < -0.3 is 10.5 Å². The lowest BCUT2D eigenvalue weighted by Crippen LogP contribution is -2.29. The van der Waals surface area contributed by atoms with Crippen LogP contribution in [0.5, 0.6) is 5.75 Å². The molecule has 2 aromatic carbocycles. The molecule has 0 saturated heterocycles. The summed E-state index contributed by atoms with van der Waals surface area (Å²) in [5.74, 6) is 0.852. The zero-order valence-electron chi connectivity index (χ0n) is 12.2. The predicted octanol–water partition coefficient (Wildman–Crippen LogP) is 4.18. The van der Waals surface area contributed by atoms with Gasteiger partial charge in [0.25, 0.3) is 0 Å². The molecule has 2 unspecified atom stereocenters. The topological polar surface area (TPSA) is 35.2 Å². The average molecular weight is 287 g/mol. The van der Waals surface area contributed by atoms with Crippen molar-refractivity contribution in [3.8, 4) is 5.75 Å². The Bertz CT molecular complexity index is 534. The normalized spacial score (nSPS) is 13.8. The van der Waals surface area contributed by atoms with Crippen LogP contribution in [0.3, 0.4) is 0 Å². The standard InChI is InChI=1S/C17H21NOS/c1-12-4-6-14(7-5-12)17(13(2)18)19-15-8-10-16(20-3)11-9-15/h4-11,13,17H,18H2,1-3H3. The van der Waals surface area contributed by atoms with Gasteiger partial charge in [0.15, 0.2) is 0 Å². The second-order valence-corrected chi connectivity index (χ2v) is 5.86. The van der Waals surface area contributed by atoms with Gasteiger partial charge in [-0.25, -0.2) is 0 Å². The molecule has 106 valence electrons. The molecular weight excluding hydrogens is 266 g/mol. The van der Waals surface area contributed by atoms with Crippen LogP contribution in [0.25, 0.3) is 0 Å². The van der Waals surface area contributed by atoms with Crippen molar-refractivity contribution in [1.29, 1.82) is 0 Å². The van der Waals surface area contributed by atoms with Crippen LogP contribution in [0.1, 0.15) is 24.2 Å². The minimum atomic E-state index is -0.129. The van der Waals surface area contributed by atoms with E-state index in [1.165, 1.54) is 10.5 Å². The fourth-order valence-electron chi connectivity index (χ4n) is 2.04. The molecule has 2 aromatic rings. The van der Waals surface area contributed by atoms with E-state index >= 15 is 0 Å². The largest absolute Gasteiger partial charge is 0.484 e. The molecule has 0 aliphatic rings. The van der Waals surface area contributed by atoms with E-state index in [-0.39, 0.29) is 12.1 Å². The molecule has 2 atom stereocenters. The molecule has 20 heavy (non-hydrogen) atoms. The molecule has 0 spiro atoms. The van der Waals surface area contributed by atoms with Crippen molar-refractivity contribution in [3.05, 3.63) is 59.7 Å². The minimum Gasteiger partial charge on any atom is -0.484 e. The Morgan fingerprint density at radius 3 is 2.10 bits per heavy atom. The molecule has 0 bridgehead atoms. The van der Waals surface area contributed by atoms with Crippen LogP contribution in [0.15, 0.2) is 53.4 Å². The second kappa shape index (κ2) is 6.82. The number of ether oxygens (including phenoxy) is 1. The summed E-state index contributed by atoms with van der Waals surface area (Å²) < 4.78 is 6.07. The van der Waals surface area contributed by atoms with Gasteiger partial charge in [0.1, 0.15) is 11.9 Å². The first kappa shape index (κ1) is 14.9. The average Bonchev–Trinajstić information content (AvgIpc) is 2.46. The number of nitrogens with two attached hydrogens (primary N) is 1. The zero-order chi connectivity index (χ0) is 14.5. The Kier molecular flexibility index (Phi) is 5.10. The lowest BCUT2D eigenvalue weighted by molar-refractivity contribution is 0.180. The first-order valence-electron chi connectivity index (χ1n) is 6.73. The lowest BCUT2D eigenvalue weighted by Gasteiger charge is -2.23. The maximum atomic E-state index is 6.08. The number of rotatable bonds is 5. The first-order chi connectivity index (χ1) is 9.60. The molecule has 0 aliphatic carbocycles. The van der Waals surface area contributed by atoms with Gasteiger partial charge in [-0.1, -0.05) is 29.8 Å². The molecule has 0 fully saturated rings. The van der Waals surface area contributed by atoms with Gasteiger partial charge in [-0.15, -0.1) is 11.8 Å². The summed E-state index contributed by atoms with van der Waals surface area (Å²) in [5.41, 5.74) is 8.43. The molecule has 2 nitrogen and oxygen atoms in total. The number of hydrogen-bond donors (Lipinski definition) is 1. The van der Waals surface area contributed by atoms with Crippen molar-refractivity contribution in [2.45, 2.75) is 30.9 Å². The van der Waals surface area contributed by atoms with Crippen LogP contribution in [0.2, 0.25) is 0 Å². The maximum Gasteiger partial charge on any atom is 0.138 e. The monoisotopic (exact) mass is 287 g/mol. The van der Waals surface area contributed by atoms with E-state index in [1.54, 1.807) is 11.8 Å². The van der Waals surface area contributed by atoms with E-state index in [2.05, 4.69) is 49.6 Å². The SMILES string of the molecule is CSc1ccc(OC(c2ccc(C)cc2)C(C)N)cc1. The summed E-state index contributed by atoms with van der Waals surface area (Å²) in [6.45, 7) is 4.05. The summed E-state index contributed by atoms with van der Waals surface area (Å²) in [6.07, 6.45) is 1.93. The fourth-order valence-corrected chi connectivity index (χ4v) is 2.44. The third kappa shape index (κ3) is 3.78. The van der Waals surface area contributed by atoms with Gasteiger partial charge in [-0.2, -0.15) is 0 Å². The summed E-state index contributed by atoms with van der Waals surface area (Å²) in [6, 6.07) is 16.4. The van der Waals surface area contributed by atoms with Crippen molar-refractivity contribution < 1.29 is 4.74 Å². The van der Waals surface area contributed by atoms with Crippen molar-refractivity contribution >= 4 is 11.8 Å². The van der Waals surface area contributed by atoms with Gasteiger partial charge in [0.2, 0.25) is 0 Å². The van der Waals surface area contributed by atoms with Crippen LogP contribution in [0.4, 0.5) is 0 Å². The third-order valence-corrected chi connectivity index (χ3v) is 3.95. The van der Waals surface area contributed by atoms with Crippen molar-refractivity contribution in [1.82, 2.24) is 0 Å². The van der Waals surface area contributed by atoms with E-state index in [9.17, 15) is 0 Å². The number of hydrogen-bond acceptors (Lipinski definition) is 3. The molecule has 0 heterocycles. The van der Waals surface area contributed by atoms with E-state index in [4.69, 9.17) is 10.5 Å². The van der Waals surface area contributed by atoms with E-state index in [1.807, 2.05) is 19.1 Å².